The summed E-state index contributed by atoms with van der Waals surface area (Å²) in [5, 5.41) is 3.52. The van der Waals surface area contributed by atoms with Crippen LogP contribution in [0.1, 0.15) is 18.1 Å². The number of rotatable bonds is 3. The zero-order chi connectivity index (χ0) is 20.3. The lowest BCUT2D eigenvalue weighted by Crippen LogP contribution is -2.46. The number of hydrogen-bond donors (Lipinski definition) is 3. The first-order valence-corrected chi connectivity index (χ1v) is 8.97. The Balaban J connectivity index is 2.04. The summed E-state index contributed by atoms with van der Waals surface area (Å²) in [7, 11) is 0. The van der Waals surface area contributed by atoms with E-state index in [0.29, 0.717) is 26.9 Å². The largest absolute Gasteiger partial charge is 0.326 e. The Morgan fingerprint density at radius 2 is 1.43 bits per heavy atom. The lowest BCUT2D eigenvalue weighted by atomic mass is 10.2. The van der Waals surface area contributed by atoms with Crippen molar-refractivity contribution in [1.29, 1.82) is 0 Å². The van der Waals surface area contributed by atoms with E-state index in [1.54, 1.807) is 42.5 Å². The summed E-state index contributed by atoms with van der Waals surface area (Å²) in [6, 6.07) is 11.8. The lowest BCUT2D eigenvalue weighted by molar-refractivity contribution is -0.114. The highest BCUT2D eigenvalue weighted by Gasteiger charge is 2.04. The predicted molar refractivity (Wildman–Crippen MR) is 111 cm³/mol. The Morgan fingerprint density at radius 3 is 1.96 bits per heavy atom. The standard InChI is InChI=1S/C20H15Cl2N3O3/c1-11(26)23-13-7-5-12(6-8-13)9-17-19(27)25-18(20(28)24-17)10-14-15(21)3-2-4-16(14)22/h2-10H,1H3,(H,23,26)(H,24,28)(H,25,27)/b17-9-,18-10-. The summed E-state index contributed by atoms with van der Waals surface area (Å²) in [6.07, 6.45) is 2.96. The van der Waals surface area contributed by atoms with Crippen molar-refractivity contribution in [3.05, 3.63) is 95.0 Å². The van der Waals surface area contributed by atoms with Crippen molar-refractivity contribution in [3.8, 4) is 0 Å². The Labute approximate surface area is 169 Å². The van der Waals surface area contributed by atoms with E-state index in [2.05, 4.69) is 15.3 Å². The molecule has 0 saturated carbocycles. The molecule has 0 fully saturated rings. The molecule has 0 radical (unpaired) electrons. The third-order valence-electron chi connectivity index (χ3n) is 3.82. The Bertz CT molecular complexity index is 1260. The van der Waals surface area contributed by atoms with Crippen LogP contribution < -0.4 is 27.1 Å². The number of amides is 1. The van der Waals surface area contributed by atoms with E-state index in [1.165, 1.54) is 19.1 Å². The van der Waals surface area contributed by atoms with Crippen LogP contribution in [0.4, 0.5) is 5.69 Å². The monoisotopic (exact) mass is 415 g/mol. The van der Waals surface area contributed by atoms with E-state index in [1.807, 2.05) is 0 Å². The Morgan fingerprint density at radius 1 is 0.893 bits per heavy atom. The number of H-pyrrole nitrogens is 2. The van der Waals surface area contributed by atoms with Crippen LogP contribution in [0.15, 0.2) is 52.1 Å². The molecule has 3 rings (SSSR count). The summed E-state index contributed by atoms with van der Waals surface area (Å²) in [4.78, 5) is 40.9. The van der Waals surface area contributed by atoms with Crippen LogP contribution in [0.2, 0.25) is 10.0 Å². The molecule has 1 amide bonds. The number of benzene rings is 2. The zero-order valence-corrected chi connectivity index (χ0v) is 16.2. The fourth-order valence-electron chi connectivity index (χ4n) is 2.52. The maximum absolute atomic E-state index is 12.4. The average Bonchev–Trinajstić information content (AvgIpc) is 2.63. The topological polar surface area (TPSA) is 94.8 Å². The van der Waals surface area contributed by atoms with Crippen molar-refractivity contribution in [3.63, 3.8) is 0 Å². The van der Waals surface area contributed by atoms with Gasteiger partial charge in [0.25, 0.3) is 11.1 Å². The van der Waals surface area contributed by atoms with E-state index >= 15 is 0 Å². The van der Waals surface area contributed by atoms with Crippen LogP contribution in [0.3, 0.4) is 0 Å². The van der Waals surface area contributed by atoms with Gasteiger partial charge >= 0.3 is 0 Å². The maximum atomic E-state index is 12.4. The molecule has 142 valence electrons. The molecule has 0 aliphatic carbocycles. The maximum Gasteiger partial charge on any atom is 0.272 e. The van der Waals surface area contributed by atoms with Crippen molar-refractivity contribution in [2.24, 2.45) is 0 Å². The summed E-state index contributed by atoms with van der Waals surface area (Å²) in [5.74, 6) is -0.178. The second kappa shape index (κ2) is 8.29. The van der Waals surface area contributed by atoms with Gasteiger partial charge in [0.15, 0.2) is 0 Å². The highest BCUT2D eigenvalue weighted by Crippen LogP contribution is 2.24. The van der Waals surface area contributed by atoms with E-state index in [0.717, 1.165) is 0 Å². The summed E-state index contributed by atoms with van der Waals surface area (Å²) in [5.41, 5.74) is 0.795. The van der Waals surface area contributed by atoms with Gasteiger partial charge in [-0.2, -0.15) is 0 Å². The molecule has 0 saturated heterocycles. The fraction of sp³-hybridized carbons (Fsp3) is 0.0500. The zero-order valence-electron chi connectivity index (χ0n) is 14.7. The van der Waals surface area contributed by atoms with Gasteiger partial charge in [0.1, 0.15) is 10.7 Å². The highest BCUT2D eigenvalue weighted by atomic mass is 35.5. The normalized spacial score (nSPS) is 12.2. The van der Waals surface area contributed by atoms with Crippen LogP contribution >= 0.6 is 23.2 Å². The van der Waals surface area contributed by atoms with Crippen LogP contribution in [-0.4, -0.2) is 15.9 Å². The van der Waals surface area contributed by atoms with Gasteiger partial charge < -0.3 is 15.3 Å². The smallest absolute Gasteiger partial charge is 0.272 e. The fourth-order valence-corrected chi connectivity index (χ4v) is 3.03. The quantitative estimate of drug-likeness (QED) is 0.610. The minimum absolute atomic E-state index is 0.0400. The van der Waals surface area contributed by atoms with Gasteiger partial charge in [-0.1, -0.05) is 41.4 Å². The van der Waals surface area contributed by atoms with Gasteiger partial charge in [-0.05, 0) is 42.0 Å². The predicted octanol–water partition coefficient (Wildman–Crippen LogP) is 1.99. The van der Waals surface area contributed by atoms with Crippen molar-refractivity contribution < 1.29 is 4.79 Å². The van der Waals surface area contributed by atoms with E-state index in [-0.39, 0.29) is 16.6 Å². The van der Waals surface area contributed by atoms with Gasteiger partial charge in [0.2, 0.25) is 5.91 Å². The summed E-state index contributed by atoms with van der Waals surface area (Å²) >= 11 is 12.2. The molecule has 0 unspecified atom stereocenters. The number of carbonyl (C=O) groups excluding carboxylic acids is 1. The molecule has 0 aliphatic heterocycles. The third-order valence-corrected chi connectivity index (χ3v) is 4.48. The second-order valence-electron chi connectivity index (χ2n) is 5.96. The van der Waals surface area contributed by atoms with Crippen LogP contribution in [-0.2, 0) is 4.79 Å². The molecular formula is C20H15Cl2N3O3. The number of aromatic nitrogens is 2. The van der Waals surface area contributed by atoms with Crippen molar-refractivity contribution in [2.45, 2.75) is 6.92 Å². The first-order chi connectivity index (χ1) is 13.3. The molecule has 0 spiro atoms. The van der Waals surface area contributed by atoms with Gasteiger partial charge in [-0.25, -0.2) is 0 Å². The molecule has 3 aromatic rings. The van der Waals surface area contributed by atoms with E-state index < -0.39 is 11.1 Å². The Hall–Kier alpha value is -3.09. The van der Waals surface area contributed by atoms with Gasteiger partial charge in [0, 0.05) is 28.2 Å². The van der Waals surface area contributed by atoms with Crippen molar-refractivity contribution in [2.75, 3.05) is 5.32 Å². The van der Waals surface area contributed by atoms with Crippen molar-refractivity contribution in [1.82, 2.24) is 9.97 Å². The molecule has 2 aromatic carbocycles. The third kappa shape index (κ3) is 4.60. The first kappa shape index (κ1) is 19.7. The summed E-state index contributed by atoms with van der Waals surface area (Å²) < 4.78 is 0. The van der Waals surface area contributed by atoms with Crippen molar-refractivity contribution >= 4 is 46.9 Å². The van der Waals surface area contributed by atoms with Crippen LogP contribution in [0.25, 0.3) is 12.2 Å². The lowest BCUT2D eigenvalue weighted by Gasteiger charge is -2.01. The minimum Gasteiger partial charge on any atom is -0.326 e. The number of halogens is 2. The summed E-state index contributed by atoms with van der Waals surface area (Å²) in [6.45, 7) is 1.42. The number of aromatic amines is 2. The van der Waals surface area contributed by atoms with E-state index in [9.17, 15) is 14.4 Å². The molecule has 6 nitrogen and oxygen atoms in total. The molecular weight excluding hydrogens is 401 g/mol. The first-order valence-electron chi connectivity index (χ1n) is 8.21. The van der Waals surface area contributed by atoms with Crippen LogP contribution in [0, 0.1) is 0 Å². The molecule has 0 bridgehead atoms. The number of anilines is 1. The van der Waals surface area contributed by atoms with E-state index in [4.69, 9.17) is 23.2 Å². The molecule has 0 atom stereocenters. The molecule has 0 aliphatic rings. The number of carbonyl (C=O) groups is 1. The number of hydrogen-bond acceptors (Lipinski definition) is 3. The van der Waals surface area contributed by atoms with Gasteiger partial charge in [-0.3, -0.25) is 14.4 Å². The molecule has 28 heavy (non-hydrogen) atoms. The number of nitrogens with one attached hydrogen (secondary N) is 3. The Kier molecular flexibility index (Phi) is 5.82. The average molecular weight is 416 g/mol. The molecule has 1 heterocycles. The second-order valence-corrected chi connectivity index (χ2v) is 6.78. The van der Waals surface area contributed by atoms with Gasteiger partial charge in [0.05, 0.1) is 0 Å². The minimum atomic E-state index is -0.489. The highest BCUT2D eigenvalue weighted by molar-refractivity contribution is 6.37. The molecule has 1 aromatic heterocycles. The molecule has 8 heteroatoms. The molecule has 3 N–H and O–H groups in total. The SMILES string of the molecule is CC(=O)Nc1ccc(/C=c2\[nH]c(=O)/c(=C/c3c(Cl)cccc3Cl)[nH]c2=O)cc1. The van der Waals surface area contributed by atoms with Crippen LogP contribution in [0.5, 0.6) is 0 Å². The van der Waals surface area contributed by atoms with Gasteiger partial charge in [-0.15, -0.1) is 0 Å².